The molecule has 0 atom stereocenters. The van der Waals surface area contributed by atoms with E-state index in [0.717, 1.165) is 0 Å². The summed E-state index contributed by atoms with van der Waals surface area (Å²) in [5.74, 6) is 0.00662. The number of hydrogen-bond acceptors (Lipinski definition) is 4. The zero-order chi connectivity index (χ0) is 13.1. The maximum atomic E-state index is 12.3. The molecule has 2 aromatic rings. The molecule has 0 unspecified atom stereocenters. The average molecular weight is 254 g/mol. The van der Waals surface area contributed by atoms with E-state index in [1.807, 2.05) is 0 Å². The number of rotatable bonds is 4. The van der Waals surface area contributed by atoms with E-state index in [-0.39, 0.29) is 12.4 Å². The monoisotopic (exact) mass is 254 g/mol. The molecule has 0 aliphatic rings. The lowest BCUT2D eigenvalue weighted by Gasteiger charge is -2.10. The van der Waals surface area contributed by atoms with Crippen molar-refractivity contribution in [2.24, 2.45) is 0 Å². The van der Waals surface area contributed by atoms with Gasteiger partial charge in [0.15, 0.2) is 5.75 Å². The van der Waals surface area contributed by atoms with Crippen LogP contribution in [0.3, 0.4) is 0 Å². The van der Waals surface area contributed by atoms with Gasteiger partial charge in [-0.25, -0.2) is 4.98 Å². The maximum Gasteiger partial charge on any atom is 0.387 e. The van der Waals surface area contributed by atoms with Crippen LogP contribution in [0, 0.1) is 0 Å². The highest BCUT2D eigenvalue weighted by Crippen LogP contribution is 2.29. The van der Waals surface area contributed by atoms with Gasteiger partial charge in [-0.15, -0.1) is 0 Å². The average Bonchev–Trinajstić information content (AvgIpc) is 2.30. The van der Waals surface area contributed by atoms with E-state index in [9.17, 15) is 8.78 Å². The predicted molar refractivity (Wildman–Crippen MR) is 63.5 cm³/mol. The summed E-state index contributed by atoms with van der Waals surface area (Å²) in [5, 5.41) is 0.577. The number of nitrogen functional groups attached to an aromatic ring is 1. The first-order valence-corrected chi connectivity index (χ1v) is 5.23. The van der Waals surface area contributed by atoms with Crippen molar-refractivity contribution in [1.82, 2.24) is 4.98 Å². The number of pyridine rings is 1. The van der Waals surface area contributed by atoms with E-state index < -0.39 is 6.61 Å². The largest absolute Gasteiger partial charge is 0.432 e. The number of alkyl halides is 2. The van der Waals surface area contributed by atoms with Gasteiger partial charge in [0.25, 0.3) is 0 Å². The molecule has 0 aliphatic heterocycles. The zero-order valence-electron chi connectivity index (χ0n) is 9.69. The Kier molecular flexibility index (Phi) is 3.57. The number of hydrogen-bond donors (Lipinski definition) is 1. The van der Waals surface area contributed by atoms with Gasteiger partial charge in [-0.1, -0.05) is 12.1 Å². The molecule has 0 fully saturated rings. The van der Waals surface area contributed by atoms with E-state index in [1.54, 1.807) is 18.2 Å². The number of benzene rings is 1. The third-order valence-corrected chi connectivity index (χ3v) is 2.40. The molecule has 0 amide bonds. The molecule has 1 aromatic heterocycles. The van der Waals surface area contributed by atoms with Crippen LogP contribution in [0.5, 0.6) is 5.75 Å². The van der Waals surface area contributed by atoms with Gasteiger partial charge in [0.1, 0.15) is 5.52 Å². The second-order valence-electron chi connectivity index (χ2n) is 3.67. The fourth-order valence-electron chi connectivity index (χ4n) is 1.72. The molecular formula is C12H12F2N2O2. The highest BCUT2D eigenvalue weighted by atomic mass is 19.3. The molecule has 96 valence electrons. The van der Waals surface area contributed by atoms with Gasteiger partial charge in [0.2, 0.25) is 0 Å². The number of methoxy groups -OCH3 is 1. The van der Waals surface area contributed by atoms with Gasteiger partial charge in [-0.2, -0.15) is 8.78 Å². The second kappa shape index (κ2) is 5.14. The predicted octanol–water partition coefficient (Wildman–Crippen LogP) is 2.56. The Bertz CT molecular complexity index is 561. The summed E-state index contributed by atoms with van der Waals surface area (Å²) in [4.78, 5) is 4.22. The molecule has 6 heteroatoms. The minimum atomic E-state index is -2.90. The number of ether oxygens (including phenoxy) is 2. The maximum absolute atomic E-state index is 12.3. The van der Waals surface area contributed by atoms with Gasteiger partial charge < -0.3 is 15.2 Å². The Labute approximate surface area is 102 Å². The number of halogens is 2. The molecular weight excluding hydrogens is 242 g/mol. The first-order chi connectivity index (χ1) is 8.61. The molecule has 1 heterocycles. The zero-order valence-corrected chi connectivity index (χ0v) is 9.69. The summed E-state index contributed by atoms with van der Waals surface area (Å²) in [6.07, 6.45) is 0. The molecule has 18 heavy (non-hydrogen) atoms. The Hall–Kier alpha value is -1.95. The minimum absolute atomic E-state index is 0.00662. The number of aromatic nitrogens is 1. The van der Waals surface area contributed by atoms with E-state index in [4.69, 9.17) is 10.5 Å². The quantitative estimate of drug-likeness (QED) is 0.911. The summed E-state index contributed by atoms with van der Waals surface area (Å²) in [6, 6.07) is 6.37. The van der Waals surface area contributed by atoms with Crippen LogP contribution in [0.15, 0.2) is 24.3 Å². The Balaban J connectivity index is 2.58. The smallest absolute Gasteiger partial charge is 0.387 e. The van der Waals surface area contributed by atoms with Gasteiger partial charge in [0.05, 0.1) is 12.3 Å². The molecule has 0 saturated carbocycles. The summed E-state index contributed by atoms with van der Waals surface area (Å²) in [5.41, 5.74) is 7.17. The van der Waals surface area contributed by atoms with Crippen LogP contribution in [0.25, 0.3) is 10.9 Å². The van der Waals surface area contributed by atoms with Gasteiger partial charge >= 0.3 is 6.61 Å². The SMILES string of the molecule is COCc1cc(N)c2cccc(OC(F)F)c2n1. The Morgan fingerprint density at radius 3 is 2.83 bits per heavy atom. The third-order valence-electron chi connectivity index (χ3n) is 2.40. The molecule has 2 N–H and O–H groups in total. The first-order valence-electron chi connectivity index (χ1n) is 5.23. The van der Waals surface area contributed by atoms with Crippen LogP contribution in [0.2, 0.25) is 0 Å². The van der Waals surface area contributed by atoms with Gasteiger partial charge in [-0.3, -0.25) is 0 Å². The highest BCUT2D eigenvalue weighted by molar-refractivity contribution is 5.94. The van der Waals surface area contributed by atoms with Crippen LogP contribution in [0.4, 0.5) is 14.5 Å². The summed E-state index contributed by atoms with van der Waals surface area (Å²) in [7, 11) is 1.52. The minimum Gasteiger partial charge on any atom is -0.432 e. The topological polar surface area (TPSA) is 57.4 Å². The molecule has 0 bridgehead atoms. The van der Waals surface area contributed by atoms with Crippen molar-refractivity contribution in [3.8, 4) is 5.75 Å². The summed E-state index contributed by atoms with van der Waals surface area (Å²) >= 11 is 0. The molecule has 2 rings (SSSR count). The number of para-hydroxylation sites is 1. The lowest BCUT2D eigenvalue weighted by atomic mass is 10.1. The number of nitrogens with zero attached hydrogens (tertiary/aromatic N) is 1. The Morgan fingerprint density at radius 1 is 1.39 bits per heavy atom. The van der Waals surface area contributed by atoms with Crippen molar-refractivity contribution >= 4 is 16.6 Å². The van der Waals surface area contributed by atoms with Crippen molar-refractivity contribution in [2.45, 2.75) is 13.2 Å². The third kappa shape index (κ3) is 2.48. The fourth-order valence-corrected chi connectivity index (χ4v) is 1.72. The fraction of sp³-hybridized carbons (Fsp3) is 0.250. The highest BCUT2D eigenvalue weighted by Gasteiger charge is 2.12. The van der Waals surface area contributed by atoms with Crippen molar-refractivity contribution in [3.63, 3.8) is 0 Å². The van der Waals surface area contributed by atoms with E-state index in [1.165, 1.54) is 13.2 Å². The number of fused-ring (bicyclic) bond motifs is 1. The standard InChI is InChI=1S/C12H12F2N2O2/c1-17-6-7-5-9(15)8-3-2-4-10(11(8)16-7)18-12(13)14/h2-5,12H,6H2,1H3,(H2,15,16). The van der Waals surface area contributed by atoms with E-state index in [2.05, 4.69) is 9.72 Å². The van der Waals surface area contributed by atoms with Gasteiger partial charge in [-0.05, 0) is 12.1 Å². The van der Waals surface area contributed by atoms with Crippen molar-refractivity contribution in [2.75, 3.05) is 12.8 Å². The van der Waals surface area contributed by atoms with Crippen molar-refractivity contribution in [1.29, 1.82) is 0 Å². The van der Waals surface area contributed by atoms with Crippen molar-refractivity contribution < 1.29 is 18.3 Å². The van der Waals surface area contributed by atoms with Crippen LogP contribution in [-0.2, 0) is 11.3 Å². The molecule has 0 saturated heterocycles. The van der Waals surface area contributed by atoms with Crippen LogP contribution in [0.1, 0.15) is 5.69 Å². The molecule has 4 nitrogen and oxygen atoms in total. The molecule has 0 radical (unpaired) electrons. The molecule has 0 spiro atoms. The first kappa shape index (κ1) is 12.5. The van der Waals surface area contributed by atoms with E-state index in [0.29, 0.717) is 22.3 Å². The second-order valence-corrected chi connectivity index (χ2v) is 3.67. The van der Waals surface area contributed by atoms with Crippen molar-refractivity contribution in [3.05, 3.63) is 30.0 Å². The molecule has 0 aliphatic carbocycles. The van der Waals surface area contributed by atoms with Crippen LogP contribution in [-0.4, -0.2) is 18.7 Å². The summed E-state index contributed by atoms with van der Waals surface area (Å²) in [6.45, 7) is -2.65. The summed E-state index contributed by atoms with van der Waals surface area (Å²) < 4.78 is 34.0. The molecule has 1 aromatic carbocycles. The number of anilines is 1. The normalized spacial score (nSPS) is 11.1. The van der Waals surface area contributed by atoms with Crippen LogP contribution >= 0.6 is 0 Å². The van der Waals surface area contributed by atoms with Gasteiger partial charge in [0, 0.05) is 18.2 Å². The lowest BCUT2D eigenvalue weighted by molar-refractivity contribution is -0.0489. The Morgan fingerprint density at radius 2 is 2.17 bits per heavy atom. The lowest BCUT2D eigenvalue weighted by Crippen LogP contribution is -2.04. The van der Waals surface area contributed by atoms with E-state index >= 15 is 0 Å². The number of nitrogens with two attached hydrogens (primary N) is 1. The van der Waals surface area contributed by atoms with Crippen LogP contribution < -0.4 is 10.5 Å².